The van der Waals surface area contributed by atoms with Gasteiger partial charge in [-0.3, -0.25) is 4.79 Å². The number of amides is 1. The fraction of sp³-hybridized carbons (Fsp3) is 0.364. The second-order valence-electron chi connectivity index (χ2n) is 3.64. The first kappa shape index (κ1) is 14.4. The number of rotatable bonds is 3. The molecule has 0 heterocycles. The van der Waals surface area contributed by atoms with Gasteiger partial charge in [-0.2, -0.15) is 0 Å². The molecule has 0 aliphatic heterocycles. The van der Waals surface area contributed by atoms with Gasteiger partial charge < -0.3 is 10.1 Å². The van der Waals surface area contributed by atoms with E-state index in [2.05, 4.69) is 5.32 Å². The highest BCUT2D eigenvalue weighted by molar-refractivity contribution is 6.76. The van der Waals surface area contributed by atoms with E-state index >= 15 is 0 Å². The van der Waals surface area contributed by atoms with Crippen molar-refractivity contribution in [1.29, 1.82) is 0 Å². The van der Waals surface area contributed by atoms with Crippen molar-refractivity contribution in [3.05, 3.63) is 24.3 Å². The molecular formula is C11H12Cl3NO2. The van der Waals surface area contributed by atoms with E-state index in [0.29, 0.717) is 11.4 Å². The molecule has 17 heavy (non-hydrogen) atoms. The summed E-state index contributed by atoms with van der Waals surface area (Å²) in [5, 5.41) is 2.47. The topological polar surface area (TPSA) is 38.3 Å². The lowest BCUT2D eigenvalue weighted by Gasteiger charge is -2.13. The number of alkyl halides is 3. The Bertz CT molecular complexity index is 385. The SMILES string of the molecule is CC(C)Oc1ccc(NC(=O)C(Cl)(Cl)Cl)cc1. The predicted octanol–water partition coefficient (Wildman–Crippen LogP) is 3.78. The quantitative estimate of drug-likeness (QED) is 0.862. The summed E-state index contributed by atoms with van der Waals surface area (Å²) in [5.41, 5.74) is 0.539. The summed E-state index contributed by atoms with van der Waals surface area (Å²) in [6.07, 6.45) is 0.0941. The maximum Gasteiger partial charge on any atom is 0.276 e. The van der Waals surface area contributed by atoms with Crippen molar-refractivity contribution in [3.8, 4) is 5.75 Å². The zero-order chi connectivity index (χ0) is 13.1. The fourth-order valence-corrected chi connectivity index (χ4v) is 1.23. The minimum absolute atomic E-state index is 0.0941. The number of anilines is 1. The van der Waals surface area contributed by atoms with Crippen molar-refractivity contribution in [1.82, 2.24) is 0 Å². The Morgan fingerprint density at radius 3 is 2.18 bits per heavy atom. The molecule has 0 aliphatic carbocycles. The van der Waals surface area contributed by atoms with Gasteiger partial charge in [0.15, 0.2) is 0 Å². The first-order valence-electron chi connectivity index (χ1n) is 4.94. The van der Waals surface area contributed by atoms with E-state index in [4.69, 9.17) is 39.5 Å². The van der Waals surface area contributed by atoms with E-state index in [1.165, 1.54) is 0 Å². The molecule has 1 N–H and O–H groups in total. The van der Waals surface area contributed by atoms with E-state index in [1.54, 1.807) is 24.3 Å². The van der Waals surface area contributed by atoms with Crippen LogP contribution in [0.1, 0.15) is 13.8 Å². The molecule has 0 bridgehead atoms. The highest BCUT2D eigenvalue weighted by Gasteiger charge is 2.30. The van der Waals surface area contributed by atoms with E-state index in [-0.39, 0.29) is 6.10 Å². The van der Waals surface area contributed by atoms with Crippen molar-refractivity contribution >= 4 is 46.4 Å². The number of halogens is 3. The van der Waals surface area contributed by atoms with Crippen LogP contribution in [0.25, 0.3) is 0 Å². The van der Waals surface area contributed by atoms with Crippen LogP contribution < -0.4 is 10.1 Å². The van der Waals surface area contributed by atoms with Gasteiger partial charge in [0.1, 0.15) is 5.75 Å². The standard InChI is InChI=1S/C11H12Cl3NO2/c1-7(2)17-9-5-3-8(4-6-9)15-10(16)11(12,13)14/h3-7H,1-2H3,(H,15,16). The lowest BCUT2D eigenvalue weighted by Crippen LogP contribution is -2.26. The van der Waals surface area contributed by atoms with Gasteiger partial charge in [0.2, 0.25) is 0 Å². The minimum atomic E-state index is -1.97. The van der Waals surface area contributed by atoms with Gasteiger partial charge in [0.25, 0.3) is 9.70 Å². The molecule has 1 aromatic rings. The van der Waals surface area contributed by atoms with E-state index in [9.17, 15) is 4.79 Å². The number of carbonyl (C=O) groups is 1. The molecule has 0 atom stereocenters. The maximum atomic E-state index is 11.4. The molecule has 1 amide bonds. The lowest BCUT2D eigenvalue weighted by atomic mass is 10.3. The van der Waals surface area contributed by atoms with Crippen LogP contribution in [0.5, 0.6) is 5.75 Å². The summed E-state index contributed by atoms with van der Waals surface area (Å²) in [6, 6.07) is 6.81. The van der Waals surface area contributed by atoms with E-state index in [1.807, 2.05) is 13.8 Å². The van der Waals surface area contributed by atoms with Gasteiger partial charge in [-0.15, -0.1) is 0 Å². The van der Waals surface area contributed by atoms with Crippen molar-refractivity contribution in [2.24, 2.45) is 0 Å². The fourth-order valence-electron chi connectivity index (χ4n) is 1.09. The Morgan fingerprint density at radius 1 is 1.24 bits per heavy atom. The smallest absolute Gasteiger partial charge is 0.276 e. The molecule has 0 radical (unpaired) electrons. The van der Waals surface area contributed by atoms with Crippen LogP contribution in [0.15, 0.2) is 24.3 Å². The molecule has 3 nitrogen and oxygen atoms in total. The largest absolute Gasteiger partial charge is 0.491 e. The van der Waals surface area contributed by atoms with Gasteiger partial charge in [-0.05, 0) is 38.1 Å². The maximum absolute atomic E-state index is 11.4. The first-order chi connectivity index (χ1) is 7.79. The molecule has 0 spiro atoms. The average Bonchev–Trinajstić information content (AvgIpc) is 2.18. The zero-order valence-corrected chi connectivity index (χ0v) is 11.6. The third-order valence-electron chi connectivity index (χ3n) is 1.74. The van der Waals surface area contributed by atoms with Crippen molar-refractivity contribution in [2.45, 2.75) is 23.7 Å². The lowest BCUT2D eigenvalue weighted by molar-refractivity contribution is -0.115. The highest BCUT2D eigenvalue weighted by Crippen LogP contribution is 2.28. The Kier molecular flexibility index (Phi) is 4.92. The van der Waals surface area contributed by atoms with Crippen LogP contribution in [-0.2, 0) is 4.79 Å². The molecular weight excluding hydrogens is 284 g/mol. The summed E-state index contributed by atoms with van der Waals surface area (Å²) in [4.78, 5) is 11.4. The number of nitrogens with one attached hydrogen (secondary N) is 1. The van der Waals surface area contributed by atoms with Crippen molar-refractivity contribution < 1.29 is 9.53 Å². The number of hydrogen-bond donors (Lipinski definition) is 1. The van der Waals surface area contributed by atoms with Crippen molar-refractivity contribution in [2.75, 3.05) is 5.32 Å². The number of hydrogen-bond acceptors (Lipinski definition) is 2. The van der Waals surface area contributed by atoms with Gasteiger partial charge >= 0.3 is 0 Å². The molecule has 0 fully saturated rings. The molecule has 0 saturated heterocycles. The molecule has 94 valence electrons. The summed E-state index contributed by atoms with van der Waals surface area (Å²) < 4.78 is 3.49. The van der Waals surface area contributed by atoms with Gasteiger partial charge in [-0.25, -0.2) is 0 Å². The second-order valence-corrected chi connectivity index (χ2v) is 5.92. The number of benzene rings is 1. The molecule has 0 aromatic heterocycles. The third kappa shape index (κ3) is 5.02. The molecule has 1 rings (SSSR count). The molecule has 0 aliphatic rings. The molecule has 0 saturated carbocycles. The van der Waals surface area contributed by atoms with Crippen LogP contribution >= 0.6 is 34.8 Å². The normalized spacial score (nSPS) is 11.4. The highest BCUT2D eigenvalue weighted by atomic mass is 35.6. The summed E-state index contributed by atoms with van der Waals surface area (Å²) >= 11 is 16.3. The predicted molar refractivity (Wildman–Crippen MR) is 71.1 cm³/mol. The van der Waals surface area contributed by atoms with Crippen LogP contribution in [0.4, 0.5) is 5.69 Å². The first-order valence-corrected chi connectivity index (χ1v) is 6.07. The van der Waals surface area contributed by atoms with E-state index in [0.717, 1.165) is 0 Å². The van der Waals surface area contributed by atoms with Gasteiger partial charge in [0.05, 0.1) is 6.10 Å². The number of ether oxygens (including phenoxy) is 1. The summed E-state index contributed by atoms with van der Waals surface area (Å²) in [7, 11) is 0. The Balaban J connectivity index is 2.66. The third-order valence-corrected chi connectivity index (χ3v) is 2.26. The van der Waals surface area contributed by atoms with E-state index < -0.39 is 9.70 Å². The Labute approximate surface area is 115 Å². The molecule has 6 heteroatoms. The molecule has 1 aromatic carbocycles. The van der Waals surface area contributed by atoms with Gasteiger partial charge in [-0.1, -0.05) is 34.8 Å². The number of carbonyl (C=O) groups excluding carboxylic acids is 1. The Morgan fingerprint density at radius 2 is 1.76 bits per heavy atom. The Hall–Kier alpha value is -0.640. The van der Waals surface area contributed by atoms with Crippen LogP contribution in [0.3, 0.4) is 0 Å². The second kappa shape index (κ2) is 5.80. The van der Waals surface area contributed by atoms with Crippen LogP contribution in [0.2, 0.25) is 0 Å². The minimum Gasteiger partial charge on any atom is -0.491 e. The summed E-state index contributed by atoms with van der Waals surface area (Å²) in [6.45, 7) is 3.86. The monoisotopic (exact) mass is 295 g/mol. The van der Waals surface area contributed by atoms with Gasteiger partial charge in [0, 0.05) is 5.69 Å². The van der Waals surface area contributed by atoms with Crippen LogP contribution in [-0.4, -0.2) is 15.8 Å². The average molecular weight is 297 g/mol. The van der Waals surface area contributed by atoms with Crippen LogP contribution in [0, 0.1) is 0 Å². The summed E-state index contributed by atoms with van der Waals surface area (Å²) in [5.74, 6) is 0.0203. The zero-order valence-electron chi connectivity index (χ0n) is 9.34. The van der Waals surface area contributed by atoms with Crippen molar-refractivity contribution in [3.63, 3.8) is 0 Å². The molecule has 0 unspecified atom stereocenters.